The lowest BCUT2D eigenvalue weighted by Gasteiger charge is -2.38. The van der Waals surface area contributed by atoms with Crippen molar-refractivity contribution in [3.05, 3.63) is 173 Å². The number of carbonyl (C=O) groups excluding carboxylic acids is 16. The van der Waals surface area contributed by atoms with E-state index < -0.39 is 284 Å². The second-order valence-electron chi connectivity index (χ2n) is 33.5. The molecule has 3 aliphatic rings. The van der Waals surface area contributed by atoms with Crippen molar-refractivity contribution in [1.29, 1.82) is 0 Å². The molecule has 0 saturated carbocycles. The zero-order valence-electron chi connectivity index (χ0n) is 75.2. The molecule has 40 nitrogen and oxygen atoms in total. The minimum absolute atomic E-state index is 0.00122. The van der Waals surface area contributed by atoms with E-state index in [-0.39, 0.29) is 70.6 Å². The number of primary amides is 2. The van der Waals surface area contributed by atoms with Gasteiger partial charge >= 0.3 is 5.97 Å². The summed E-state index contributed by atoms with van der Waals surface area (Å²) >= 11 is 0.624. The number of rotatable bonds is 25. The van der Waals surface area contributed by atoms with Crippen LogP contribution in [0.25, 0.3) is 10.9 Å². The number of para-hydroxylation sites is 1. The van der Waals surface area contributed by atoms with E-state index in [0.717, 1.165) is 31.5 Å². The fourth-order valence-corrected chi connectivity index (χ4v) is 16.8. The molecule has 3 fully saturated rings. The van der Waals surface area contributed by atoms with Crippen LogP contribution in [0.4, 0.5) is 13.2 Å². The molecule has 16 amide bonds. The molecule has 0 bridgehead atoms. The number of aliphatic carboxylic acids is 1. The zero-order valence-corrected chi connectivity index (χ0v) is 76.1. The maximum absolute atomic E-state index is 15.7. The fraction of sp³-hybridized carbons (Fsp3) is 0.462. The summed E-state index contributed by atoms with van der Waals surface area (Å²) in [6, 6.07) is 6.85. The van der Waals surface area contributed by atoms with Gasteiger partial charge < -0.3 is 119 Å². The summed E-state index contributed by atoms with van der Waals surface area (Å²) in [5.74, 6) is -26.5. The lowest BCUT2D eigenvalue weighted by atomic mass is 9.98. The van der Waals surface area contributed by atoms with Gasteiger partial charge in [-0.15, -0.1) is 11.8 Å². The topological polar surface area (TPSA) is 588 Å². The molecule has 44 heteroatoms. The Morgan fingerprint density at radius 3 is 1.74 bits per heavy atom. The summed E-state index contributed by atoms with van der Waals surface area (Å²) in [5, 5.41) is 55.7. The highest BCUT2D eigenvalue weighted by Gasteiger charge is 2.48. The van der Waals surface area contributed by atoms with Gasteiger partial charge in [0.05, 0.1) is 38.0 Å². The van der Waals surface area contributed by atoms with Gasteiger partial charge in [0, 0.05) is 122 Å². The van der Waals surface area contributed by atoms with Crippen molar-refractivity contribution in [2.75, 3.05) is 85.8 Å². The van der Waals surface area contributed by atoms with Crippen molar-refractivity contribution < 1.29 is 119 Å². The quantitative estimate of drug-likeness (QED) is 0.0272. The molecule has 9 rings (SSSR count). The predicted molar refractivity (Wildman–Crippen MR) is 482 cm³/mol. The standard InChI is InChI=1S/C91H115F3N18O22S/c1-49(2)78-91(132)109(4)69(38-50-16-9-7-10-17-50)84(125)102-62(27-28-73(96)115)88(129)111-31-33-134-46-72(111)86(127)104-64(40-54-43-98-60-21-14-13-20-57(54)60)82(123)103-63(36-52-23-25-55(113)26-24-52)81(122)101-61(22-15-30-95)80(121)106-67(79(120)99-44-74(97)116)47-135-48-75(117)100-66(37-53-34-58(92)77(94)59(93)35-53)87(128)110(5)71(39-51-18-11-8-12-19-51)89(130)108(3)68(29-32-133-6)90(131)112-45-56(114)41-70(112)85(126)105-65(42-76(118)119)83(124)107-78/h7-14,16-21,23-26,34-35,43,49,56,61-72,78,98,113-114H,15,22,27-33,36-42,44-48,95H2,1-6H3,(H2,96,115)(H2,97,116)(H,99,120)(H,100,117)(H,101,122)(H,102,125)(H,103,123)(H,104,127)(H,105,126)(H,106,121)(H,107,124)(H,118,119)/t56-,61-,62-,63-,64+,65-,66-,67-,68-,69-,70+,71-,72+,78-/m0/s1. The van der Waals surface area contributed by atoms with E-state index in [9.17, 15) is 58.1 Å². The smallest absolute Gasteiger partial charge is 0.305 e. The van der Waals surface area contributed by atoms with E-state index in [1.807, 2.05) is 0 Å². The van der Waals surface area contributed by atoms with Crippen molar-refractivity contribution in [1.82, 2.24) is 77.3 Å². The number of nitrogens with two attached hydrogens (primary N) is 3. The van der Waals surface area contributed by atoms with Crippen LogP contribution in [0.2, 0.25) is 0 Å². The van der Waals surface area contributed by atoms with Gasteiger partial charge in [-0.3, -0.25) is 81.5 Å². The predicted octanol–water partition coefficient (Wildman–Crippen LogP) is -2.13. The second kappa shape index (κ2) is 49.9. The van der Waals surface area contributed by atoms with Gasteiger partial charge in [0.15, 0.2) is 17.5 Å². The van der Waals surface area contributed by atoms with Crippen molar-refractivity contribution in [2.45, 2.75) is 176 Å². The van der Waals surface area contributed by atoms with E-state index in [2.05, 4.69) is 52.8 Å². The number of amides is 16. The molecule has 19 N–H and O–H groups in total. The molecule has 0 radical (unpaired) electrons. The third-order valence-electron chi connectivity index (χ3n) is 23.3. The van der Waals surface area contributed by atoms with Crippen molar-refractivity contribution >= 4 is 123 Å². The largest absolute Gasteiger partial charge is 0.508 e. The molecule has 0 spiro atoms. The minimum atomic E-state index is -2.08. The summed E-state index contributed by atoms with van der Waals surface area (Å²) in [7, 11) is 4.76. The number of hydrogen-bond acceptors (Lipinski definition) is 23. The average molecular weight is 1900 g/mol. The summed E-state index contributed by atoms with van der Waals surface area (Å²) in [6.45, 7) is 0.0580. The first-order valence-corrected chi connectivity index (χ1v) is 44.9. The first kappa shape index (κ1) is 105. The molecule has 135 heavy (non-hydrogen) atoms. The molecule has 3 aliphatic heterocycles. The van der Waals surface area contributed by atoms with Crippen molar-refractivity contribution in [3.63, 3.8) is 0 Å². The van der Waals surface area contributed by atoms with E-state index in [1.54, 1.807) is 91.1 Å². The molecular weight excluding hydrogens is 1790 g/mol. The van der Waals surface area contributed by atoms with Crippen LogP contribution in [0.3, 0.4) is 0 Å². The highest BCUT2D eigenvalue weighted by molar-refractivity contribution is 8.00. The number of hydrogen-bond donors (Lipinski definition) is 16. The van der Waals surface area contributed by atoms with Gasteiger partial charge in [-0.2, -0.15) is 0 Å². The summed E-state index contributed by atoms with van der Waals surface area (Å²) in [6.07, 6.45) is -5.62. The third-order valence-corrected chi connectivity index (χ3v) is 24.4. The number of ether oxygens (including phenoxy) is 2. The number of carboxylic acid groups (broad SMARTS) is 1. The number of fused-ring (bicyclic) bond motifs is 3. The van der Waals surface area contributed by atoms with Gasteiger partial charge in [-0.25, -0.2) is 13.2 Å². The first-order valence-electron chi connectivity index (χ1n) is 43.7. The number of H-pyrrole nitrogens is 1. The zero-order chi connectivity index (χ0) is 98.6. The number of methoxy groups -OCH3 is 1. The Labute approximate surface area is 779 Å². The summed E-state index contributed by atoms with van der Waals surface area (Å²) in [4.78, 5) is 258. The Morgan fingerprint density at radius 1 is 0.563 bits per heavy atom. The van der Waals surface area contributed by atoms with Gasteiger partial charge in [-0.1, -0.05) is 105 Å². The molecule has 728 valence electrons. The fourth-order valence-electron chi connectivity index (χ4n) is 16.0. The van der Waals surface area contributed by atoms with E-state index in [1.165, 1.54) is 59.3 Å². The molecule has 0 unspecified atom stereocenters. The number of carbonyl (C=O) groups is 17. The van der Waals surface area contributed by atoms with Crippen LogP contribution in [0.15, 0.2) is 128 Å². The van der Waals surface area contributed by atoms with Gasteiger partial charge in [0.25, 0.3) is 0 Å². The van der Waals surface area contributed by atoms with Crippen LogP contribution >= 0.6 is 11.8 Å². The number of nitrogens with one attached hydrogen (secondary N) is 10. The lowest BCUT2D eigenvalue weighted by Crippen LogP contribution is -2.64. The minimum Gasteiger partial charge on any atom is -0.508 e. The number of nitrogens with zero attached hydrogens (tertiary/aromatic N) is 5. The molecule has 4 heterocycles. The number of phenols is 1. The normalized spacial score (nSPS) is 24.0. The van der Waals surface area contributed by atoms with Gasteiger partial charge in [0.1, 0.15) is 84.3 Å². The monoisotopic (exact) mass is 1900 g/mol. The third kappa shape index (κ3) is 29.5. The molecular formula is C91H115F3N18O22S. The van der Waals surface area contributed by atoms with Crippen LogP contribution in [-0.4, -0.2) is 316 Å². The van der Waals surface area contributed by atoms with Gasteiger partial charge in [0.2, 0.25) is 94.5 Å². The number of carboxylic acids is 1. The Morgan fingerprint density at radius 2 is 1.12 bits per heavy atom. The summed E-state index contributed by atoms with van der Waals surface area (Å²) < 4.78 is 56.3. The lowest BCUT2D eigenvalue weighted by molar-refractivity contribution is -0.153. The highest BCUT2D eigenvalue weighted by Crippen LogP contribution is 2.28. The Balaban J connectivity index is 1.14. The second-order valence-corrected chi connectivity index (χ2v) is 34.6. The van der Waals surface area contributed by atoms with Crippen molar-refractivity contribution in [2.24, 2.45) is 23.1 Å². The van der Waals surface area contributed by atoms with E-state index in [4.69, 9.17) is 26.7 Å². The molecule has 3 saturated heterocycles. The van der Waals surface area contributed by atoms with Crippen LogP contribution < -0.4 is 65.1 Å². The maximum Gasteiger partial charge on any atom is 0.305 e. The maximum atomic E-state index is 15.7. The molecule has 5 aromatic carbocycles. The Hall–Kier alpha value is -13.6. The Bertz CT molecular complexity index is 5240. The number of aromatic hydroxyl groups is 1. The number of aromatic amines is 1. The van der Waals surface area contributed by atoms with Crippen LogP contribution in [-0.2, 0) is 123 Å². The molecule has 6 aromatic rings. The van der Waals surface area contributed by atoms with Crippen molar-refractivity contribution in [3.8, 4) is 5.75 Å². The molecule has 14 atom stereocenters. The highest BCUT2D eigenvalue weighted by atomic mass is 32.2. The number of aromatic nitrogens is 1. The summed E-state index contributed by atoms with van der Waals surface area (Å²) in [5.41, 5.74) is 18.9. The van der Waals surface area contributed by atoms with Crippen LogP contribution in [0.1, 0.15) is 86.6 Å². The van der Waals surface area contributed by atoms with E-state index >= 15 is 51.9 Å². The van der Waals surface area contributed by atoms with E-state index in [0.29, 0.717) is 57.1 Å². The number of aliphatic hydroxyl groups excluding tert-OH is 1. The number of thioether (sulfide) groups is 1. The number of morpholine rings is 1. The van der Waals surface area contributed by atoms with Crippen LogP contribution in [0, 0.1) is 23.4 Å². The first-order chi connectivity index (χ1) is 64.2. The number of benzene rings is 5. The SMILES string of the molecule is COCC[C@H]1C(=O)N2C[C@@H](O)C[C@@H]2C(=O)N[C@@H](CC(=O)O)C(=O)N[C@@H](C(C)C)C(=O)N(C)[C@@H](Cc2ccccc2)C(=O)N[C@@H](CCC(N)=O)C(=O)N2CCOC[C@@H]2C(=O)N[C@H](Cc2c[nH]c3ccccc23)C(=O)N[C@@H](Cc2ccc(O)cc2)C(=O)N[C@@H](CCCN)C(=O)N[C@H](C(=O)NCC(N)=O)CSCC(=O)N[C@@H](Cc2cc(F)c(F)c(F)c2)C(=O)N(C)[C@@H](Cc2ccccc2)C(=O)N1C. The number of likely N-dealkylation sites (N-methyl/N-ethyl adjacent to an activating group) is 3. The number of aliphatic hydroxyl groups is 1. The molecule has 0 aliphatic carbocycles. The van der Waals surface area contributed by atoms with Crippen LogP contribution in [0.5, 0.6) is 5.75 Å². The number of halogens is 3. The molecule has 1 aromatic heterocycles. The van der Waals surface area contributed by atoms with Gasteiger partial charge in [-0.05, 0) is 89.9 Å². The number of phenolic OH excluding ortho intramolecular Hbond substituents is 1. The average Bonchev–Trinajstić information content (AvgIpc) is 1.62. The Kier molecular flexibility index (Phi) is 38.9.